The van der Waals surface area contributed by atoms with Crippen LogP contribution >= 0.6 is 15.9 Å². The summed E-state index contributed by atoms with van der Waals surface area (Å²) in [6.07, 6.45) is 0. The number of aromatic amines is 1. The Balaban J connectivity index is 1.71. The van der Waals surface area contributed by atoms with Crippen molar-refractivity contribution in [2.45, 2.75) is 6.54 Å². The average molecular weight is 398 g/mol. The number of H-pyrrole nitrogens is 1. The Kier molecular flexibility index (Phi) is 3.93. The molecular formula is C18H16BrN5O. The predicted molar refractivity (Wildman–Crippen MR) is 102 cm³/mol. The lowest BCUT2D eigenvalue weighted by atomic mass is 10.2. The van der Waals surface area contributed by atoms with Crippen molar-refractivity contribution in [1.82, 2.24) is 19.7 Å². The summed E-state index contributed by atoms with van der Waals surface area (Å²) in [5.74, 6) is 2.03. The Bertz CT molecular complexity index is 1040. The van der Waals surface area contributed by atoms with Crippen molar-refractivity contribution in [3.8, 4) is 17.3 Å². The van der Waals surface area contributed by atoms with Gasteiger partial charge in [0.05, 0.1) is 24.7 Å². The van der Waals surface area contributed by atoms with Crippen LogP contribution < -0.4 is 10.5 Å². The van der Waals surface area contributed by atoms with E-state index in [-0.39, 0.29) is 0 Å². The van der Waals surface area contributed by atoms with Crippen LogP contribution in [-0.4, -0.2) is 26.9 Å². The lowest BCUT2D eigenvalue weighted by Crippen LogP contribution is -2.05. The number of nitrogens with one attached hydrogen (secondary N) is 1. The van der Waals surface area contributed by atoms with Gasteiger partial charge in [0.25, 0.3) is 0 Å². The first-order chi connectivity index (χ1) is 12.1. The third-order valence-electron chi connectivity index (χ3n) is 3.98. The molecule has 0 aliphatic rings. The molecule has 0 fully saturated rings. The molecule has 0 unspecified atom stereocenters. The summed E-state index contributed by atoms with van der Waals surface area (Å²) in [5.41, 5.74) is 9.74. The second-order valence-corrected chi connectivity index (χ2v) is 6.62. The monoisotopic (exact) mass is 397 g/mol. The van der Waals surface area contributed by atoms with Crippen LogP contribution in [-0.2, 0) is 6.54 Å². The number of ether oxygens (including phenoxy) is 1. The van der Waals surface area contributed by atoms with E-state index in [4.69, 9.17) is 10.5 Å². The first-order valence-electron chi connectivity index (χ1n) is 7.74. The van der Waals surface area contributed by atoms with Gasteiger partial charge in [-0.05, 0) is 35.9 Å². The van der Waals surface area contributed by atoms with Gasteiger partial charge in [-0.1, -0.05) is 28.1 Å². The third-order valence-corrected chi connectivity index (χ3v) is 4.47. The van der Waals surface area contributed by atoms with Crippen molar-refractivity contribution in [2.75, 3.05) is 12.8 Å². The maximum Gasteiger partial charge on any atom is 0.156 e. The number of nitrogen functional groups attached to an aromatic ring is 1. The summed E-state index contributed by atoms with van der Waals surface area (Å²) < 4.78 is 8.04. The van der Waals surface area contributed by atoms with Gasteiger partial charge >= 0.3 is 0 Å². The SMILES string of the molecule is COc1ccc(Cn2nc(N)cc2-c2nc3cc(Br)ccc3[nH]2)cc1. The molecule has 2 aromatic carbocycles. The molecule has 0 saturated heterocycles. The summed E-state index contributed by atoms with van der Waals surface area (Å²) in [5, 5.41) is 4.41. The number of nitrogens with zero attached hydrogens (tertiary/aromatic N) is 3. The Morgan fingerprint density at radius 3 is 2.72 bits per heavy atom. The molecule has 6 nitrogen and oxygen atoms in total. The number of halogens is 1. The van der Waals surface area contributed by atoms with Crippen molar-refractivity contribution in [1.29, 1.82) is 0 Å². The summed E-state index contributed by atoms with van der Waals surface area (Å²) in [6.45, 7) is 0.595. The van der Waals surface area contributed by atoms with E-state index < -0.39 is 0 Å². The maximum atomic E-state index is 5.93. The van der Waals surface area contributed by atoms with Gasteiger partial charge in [0.1, 0.15) is 17.3 Å². The van der Waals surface area contributed by atoms with Crippen LogP contribution in [0.5, 0.6) is 5.75 Å². The highest BCUT2D eigenvalue weighted by Gasteiger charge is 2.13. The minimum Gasteiger partial charge on any atom is -0.497 e. The van der Waals surface area contributed by atoms with E-state index in [9.17, 15) is 0 Å². The standard InChI is InChI=1S/C18H16BrN5O/c1-25-13-5-2-11(3-6-13)10-24-16(9-17(20)23-24)18-21-14-7-4-12(19)8-15(14)22-18/h2-9H,10H2,1H3,(H2,20,23)(H,21,22). The summed E-state index contributed by atoms with van der Waals surface area (Å²) in [6, 6.07) is 15.7. The van der Waals surface area contributed by atoms with E-state index in [1.807, 2.05) is 53.2 Å². The molecule has 25 heavy (non-hydrogen) atoms. The number of nitrogens with two attached hydrogens (primary N) is 1. The molecule has 0 amide bonds. The third kappa shape index (κ3) is 3.10. The average Bonchev–Trinajstić information content (AvgIpc) is 3.18. The molecule has 0 spiro atoms. The molecule has 2 aromatic heterocycles. The Morgan fingerprint density at radius 2 is 1.96 bits per heavy atom. The Labute approximate surface area is 152 Å². The van der Waals surface area contributed by atoms with Crippen molar-refractivity contribution in [3.05, 3.63) is 58.6 Å². The molecule has 4 aromatic rings. The number of hydrogen-bond donors (Lipinski definition) is 2. The van der Waals surface area contributed by atoms with Crippen LogP contribution in [0.1, 0.15) is 5.56 Å². The van der Waals surface area contributed by atoms with E-state index in [1.54, 1.807) is 7.11 Å². The molecule has 4 rings (SSSR count). The van der Waals surface area contributed by atoms with Crippen LogP contribution in [0.3, 0.4) is 0 Å². The van der Waals surface area contributed by atoms with Gasteiger partial charge in [-0.3, -0.25) is 4.68 Å². The lowest BCUT2D eigenvalue weighted by molar-refractivity contribution is 0.414. The number of rotatable bonds is 4. The highest BCUT2D eigenvalue weighted by atomic mass is 79.9. The van der Waals surface area contributed by atoms with Gasteiger partial charge < -0.3 is 15.5 Å². The van der Waals surface area contributed by atoms with Gasteiger partial charge in [0.15, 0.2) is 5.82 Å². The fourth-order valence-electron chi connectivity index (χ4n) is 2.75. The number of hydrogen-bond acceptors (Lipinski definition) is 4. The molecule has 0 aliphatic carbocycles. The Morgan fingerprint density at radius 1 is 1.16 bits per heavy atom. The summed E-state index contributed by atoms with van der Waals surface area (Å²) in [4.78, 5) is 7.99. The van der Waals surface area contributed by atoms with Gasteiger partial charge in [-0.15, -0.1) is 0 Å². The van der Waals surface area contributed by atoms with Gasteiger partial charge in [0, 0.05) is 10.5 Å². The first kappa shape index (κ1) is 15.7. The quantitative estimate of drug-likeness (QED) is 0.548. The number of anilines is 1. The smallest absolute Gasteiger partial charge is 0.156 e. The fourth-order valence-corrected chi connectivity index (χ4v) is 3.10. The van der Waals surface area contributed by atoms with Crippen LogP contribution in [0.2, 0.25) is 0 Å². The minimum absolute atomic E-state index is 0.463. The highest BCUT2D eigenvalue weighted by Crippen LogP contribution is 2.25. The number of methoxy groups -OCH3 is 1. The van der Waals surface area contributed by atoms with E-state index in [0.717, 1.165) is 38.3 Å². The van der Waals surface area contributed by atoms with E-state index in [2.05, 4.69) is 31.0 Å². The molecule has 126 valence electrons. The zero-order valence-electron chi connectivity index (χ0n) is 13.5. The number of aromatic nitrogens is 4. The van der Waals surface area contributed by atoms with Crippen LogP contribution in [0, 0.1) is 0 Å². The molecule has 0 saturated carbocycles. The van der Waals surface area contributed by atoms with Crippen molar-refractivity contribution >= 4 is 32.8 Å². The van der Waals surface area contributed by atoms with Crippen molar-refractivity contribution < 1.29 is 4.74 Å². The number of fused-ring (bicyclic) bond motifs is 1. The molecule has 0 bridgehead atoms. The van der Waals surface area contributed by atoms with Crippen LogP contribution in [0.15, 0.2) is 53.0 Å². The van der Waals surface area contributed by atoms with Crippen molar-refractivity contribution in [3.63, 3.8) is 0 Å². The fraction of sp³-hybridized carbons (Fsp3) is 0.111. The van der Waals surface area contributed by atoms with Gasteiger partial charge in [0.2, 0.25) is 0 Å². The van der Waals surface area contributed by atoms with Gasteiger partial charge in [-0.25, -0.2) is 4.98 Å². The van der Waals surface area contributed by atoms with Crippen LogP contribution in [0.25, 0.3) is 22.6 Å². The zero-order valence-corrected chi connectivity index (χ0v) is 15.1. The largest absolute Gasteiger partial charge is 0.497 e. The number of imidazole rings is 1. The number of benzene rings is 2. The molecule has 3 N–H and O–H groups in total. The summed E-state index contributed by atoms with van der Waals surface area (Å²) in [7, 11) is 1.65. The molecule has 2 heterocycles. The normalized spacial score (nSPS) is 11.1. The Hall–Kier alpha value is -2.80. The molecule has 0 radical (unpaired) electrons. The second-order valence-electron chi connectivity index (χ2n) is 5.71. The predicted octanol–water partition coefficient (Wildman–Crippen LogP) is 3.83. The molecule has 0 atom stereocenters. The van der Waals surface area contributed by atoms with Gasteiger partial charge in [-0.2, -0.15) is 5.10 Å². The lowest BCUT2D eigenvalue weighted by Gasteiger charge is -2.06. The molecule has 7 heteroatoms. The zero-order chi connectivity index (χ0) is 17.4. The van der Waals surface area contributed by atoms with E-state index in [0.29, 0.717) is 12.4 Å². The van der Waals surface area contributed by atoms with Crippen LogP contribution in [0.4, 0.5) is 5.82 Å². The maximum absolute atomic E-state index is 5.93. The minimum atomic E-state index is 0.463. The molecular weight excluding hydrogens is 382 g/mol. The second kappa shape index (κ2) is 6.25. The first-order valence-corrected chi connectivity index (χ1v) is 8.53. The summed E-state index contributed by atoms with van der Waals surface area (Å²) >= 11 is 3.47. The van der Waals surface area contributed by atoms with Crippen molar-refractivity contribution in [2.24, 2.45) is 0 Å². The topological polar surface area (TPSA) is 81.8 Å². The van der Waals surface area contributed by atoms with E-state index in [1.165, 1.54) is 0 Å². The highest BCUT2D eigenvalue weighted by molar-refractivity contribution is 9.10. The molecule has 0 aliphatic heterocycles. The van der Waals surface area contributed by atoms with E-state index >= 15 is 0 Å².